The quantitative estimate of drug-likeness (QED) is 0.293. The van der Waals surface area contributed by atoms with E-state index in [0.29, 0.717) is 5.69 Å². The standard InChI is InChI=1S/C23H26N6O3S/c1-14-11-17(9-10-20(14)33(3)32)27-23-25-12-18(22(31)26-15(2)24)21(29-23)28-19(13-30)16-7-5-4-6-8-16/h4-12,19,30H,13H2,1-3H3,(H2,24,26,31)(H2,25,27,28,29). The molecule has 1 aromatic heterocycles. The number of aryl methyl sites for hydroxylation is 1. The second kappa shape index (κ2) is 10.8. The lowest BCUT2D eigenvalue weighted by Crippen LogP contribution is -2.19. The fraction of sp³-hybridized carbons (Fsp3) is 0.217. The number of aromatic nitrogens is 2. The van der Waals surface area contributed by atoms with Crippen molar-refractivity contribution < 1.29 is 14.1 Å². The number of benzene rings is 2. The zero-order chi connectivity index (χ0) is 24.0. The Hall–Kier alpha value is -3.63. The summed E-state index contributed by atoms with van der Waals surface area (Å²) in [6.45, 7) is 3.16. The van der Waals surface area contributed by atoms with Crippen molar-refractivity contribution in [3.8, 4) is 0 Å². The van der Waals surface area contributed by atoms with Gasteiger partial charge in [0.2, 0.25) is 5.95 Å². The summed E-state index contributed by atoms with van der Waals surface area (Å²) in [6.07, 6.45) is 2.98. The number of amides is 1. The third-order valence-corrected chi connectivity index (χ3v) is 5.81. The molecule has 2 unspecified atom stereocenters. The highest BCUT2D eigenvalue weighted by Gasteiger charge is 2.19. The first-order valence-electron chi connectivity index (χ1n) is 10.1. The second-order valence-electron chi connectivity index (χ2n) is 7.36. The first-order valence-corrected chi connectivity index (χ1v) is 11.7. The van der Waals surface area contributed by atoms with Gasteiger partial charge >= 0.3 is 0 Å². The van der Waals surface area contributed by atoms with Gasteiger partial charge in [-0.2, -0.15) is 9.98 Å². The summed E-state index contributed by atoms with van der Waals surface area (Å²) in [7, 11) is -1.09. The van der Waals surface area contributed by atoms with Gasteiger partial charge in [0.25, 0.3) is 5.91 Å². The molecule has 9 nitrogen and oxygen atoms in total. The van der Waals surface area contributed by atoms with Crippen LogP contribution in [0.3, 0.4) is 0 Å². The van der Waals surface area contributed by atoms with E-state index in [-0.39, 0.29) is 29.8 Å². The normalized spacial score (nSPS) is 13.3. The number of hydrogen-bond donors (Lipinski definition) is 4. The smallest absolute Gasteiger partial charge is 0.283 e. The molecule has 2 atom stereocenters. The van der Waals surface area contributed by atoms with Crippen molar-refractivity contribution >= 4 is 40.0 Å². The predicted molar refractivity (Wildman–Crippen MR) is 130 cm³/mol. The largest absolute Gasteiger partial charge is 0.394 e. The fourth-order valence-corrected chi connectivity index (χ4v) is 3.96. The van der Waals surface area contributed by atoms with Crippen molar-refractivity contribution in [2.24, 2.45) is 10.7 Å². The average molecular weight is 467 g/mol. The topological polar surface area (TPSA) is 143 Å². The van der Waals surface area contributed by atoms with Crippen LogP contribution in [0.5, 0.6) is 0 Å². The number of aliphatic hydroxyl groups excluding tert-OH is 1. The highest BCUT2D eigenvalue weighted by atomic mass is 32.2. The van der Waals surface area contributed by atoms with Gasteiger partial charge < -0.3 is 21.5 Å². The van der Waals surface area contributed by atoms with Crippen LogP contribution in [0.25, 0.3) is 0 Å². The molecule has 1 heterocycles. The second-order valence-corrected chi connectivity index (χ2v) is 8.71. The SMILES string of the molecule is CC(N)=NC(=O)c1cnc(Nc2ccc(S(C)=O)c(C)c2)nc1NC(CO)c1ccccc1. The number of carbonyl (C=O) groups is 1. The summed E-state index contributed by atoms with van der Waals surface area (Å²) in [5.74, 6) is -0.0522. The van der Waals surface area contributed by atoms with Gasteiger partial charge in [-0.05, 0) is 43.2 Å². The zero-order valence-electron chi connectivity index (χ0n) is 18.6. The minimum atomic E-state index is -1.09. The molecule has 2 aromatic carbocycles. The number of hydrogen-bond acceptors (Lipinski definition) is 7. The van der Waals surface area contributed by atoms with Gasteiger partial charge in [0.1, 0.15) is 17.2 Å². The molecule has 172 valence electrons. The molecular formula is C23H26N6O3S. The maximum atomic E-state index is 12.6. The molecule has 0 aliphatic carbocycles. The molecule has 1 amide bonds. The Balaban J connectivity index is 1.97. The molecule has 0 radical (unpaired) electrons. The third kappa shape index (κ3) is 6.21. The molecule has 0 aliphatic rings. The first-order chi connectivity index (χ1) is 15.8. The Labute approximate surface area is 194 Å². The number of anilines is 3. The van der Waals surface area contributed by atoms with Crippen LogP contribution in [0.4, 0.5) is 17.5 Å². The van der Waals surface area contributed by atoms with Crippen molar-refractivity contribution in [3.63, 3.8) is 0 Å². The lowest BCUT2D eigenvalue weighted by atomic mass is 10.1. The molecule has 33 heavy (non-hydrogen) atoms. The summed E-state index contributed by atoms with van der Waals surface area (Å²) < 4.78 is 11.8. The monoisotopic (exact) mass is 466 g/mol. The van der Waals surface area contributed by atoms with Crippen molar-refractivity contribution in [1.82, 2.24) is 9.97 Å². The van der Waals surface area contributed by atoms with E-state index < -0.39 is 22.7 Å². The minimum Gasteiger partial charge on any atom is -0.394 e. The Morgan fingerprint density at radius 3 is 2.58 bits per heavy atom. The van der Waals surface area contributed by atoms with Crippen LogP contribution in [0.2, 0.25) is 0 Å². The van der Waals surface area contributed by atoms with Crippen LogP contribution < -0.4 is 16.4 Å². The Kier molecular flexibility index (Phi) is 7.86. The first kappa shape index (κ1) is 24.0. The number of nitrogens with one attached hydrogen (secondary N) is 2. The summed E-state index contributed by atoms with van der Waals surface area (Å²) in [5.41, 5.74) is 8.08. The van der Waals surface area contributed by atoms with E-state index in [0.717, 1.165) is 16.0 Å². The van der Waals surface area contributed by atoms with Gasteiger partial charge in [0.15, 0.2) is 0 Å². The molecule has 10 heteroatoms. The van der Waals surface area contributed by atoms with Crippen LogP contribution in [0.15, 0.2) is 64.6 Å². The molecule has 3 aromatic rings. The zero-order valence-corrected chi connectivity index (χ0v) is 19.4. The summed E-state index contributed by atoms with van der Waals surface area (Å²) >= 11 is 0. The van der Waals surface area contributed by atoms with E-state index in [1.54, 1.807) is 18.4 Å². The van der Waals surface area contributed by atoms with Crippen LogP contribution in [0.1, 0.15) is 34.5 Å². The maximum Gasteiger partial charge on any atom is 0.283 e. The van der Waals surface area contributed by atoms with Crippen molar-refractivity contribution in [2.75, 3.05) is 23.5 Å². The van der Waals surface area contributed by atoms with E-state index in [9.17, 15) is 14.1 Å². The molecule has 0 saturated heterocycles. The number of aliphatic imine (C=N–C) groups is 1. The molecule has 0 saturated carbocycles. The van der Waals surface area contributed by atoms with Crippen LogP contribution >= 0.6 is 0 Å². The Bertz CT molecular complexity index is 1200. The van der Waals surface area contributed by atoms with E-state index in [1.807, 2.05) is 43.3 Å². The van der Waals surface area contributed by atoms with Crippen molar-refractivity contribution in [1.29, 1.82) is 0 Å². The average Bonchev–Trinajstić information content (AvgIpc) is 2.77. The van der Waals surface area contributed by atoms with Crippen molar-refractivity contribution in [3.05, 3.63) is 71.4 Å². The van der Waals surface area contributed by atoms with Crippen molar-refractivity contribution in [2.45, 2.75) is 24.8 Å². The number of rotatable bonds is 8. The van der Waals surface area contributed by atoms with Gasteiger partial charge in [0.05, 0.1) is 23.4 Å². The van der Waals surface area contributed by atoms with Crippen LogP contribution in [-0.2, 0) is 10.8 Å². The third-order valence-electron chi connectivity index (χ3n) is 4.73. The molecule has 0 spiro atoms. The summed E-state index contributed by atoms with van der Waals surface area (Å²) in [5, 5.41) is 16.2. The molecule has 5 N–H and O–H groups in total. The number of amidine groups is 1. The number of aliphatic hydroxyl groups is 1. The highest BCUT2D eigenvalue weighted by Crippen LogP contribution is 2.25. The molecule has 0 fully saturated rings. The van der Waals surface area contributed by atoms with Gasteiger partial charge in [-0.3, -0.25) is 9.00 Å². The lowest BCUT2D eigenvalue weighted by molar-refractivity contribution is 0.100. The molecule has 0 aliphatic heterocycles. The van der Waals surface area contributed by atoms with E-state index in [2.05, 4.69) is 25.6 Å². The van der Waals surface area contributed by atoms with Crippen LogP contribution in [0, 0.1) is 6.92 Å². The van der Waals surface area contributed by atoms with Gasteiger partial charge in [-0.15, -0.1) is 0 Å². The van der Waals surface area contributed by atoms with Gasteiger partial charge in [-0.25, -0.2) is 4.98 Å². The lowest BCUT2D eigenvalue weighted by Gasteiger charge is -2.19. The fourth-order valence-electron chi connectivity index (χ4n) is 3.19. The number of nitrogens with two attached hydrogens (primary N) is 1. The predicted octanol–water partition coefficient (Wildman–Crippen LogP) is 2.93. The summed E-state index contributed by atoms with van der Waals surface area (Å²) in [4.78, 5) is 25.8. The van der Waals surface area contributed by atoms with Crippen LogP contribution in [-0.4, -0.2) is 43.9 Å². The Morgan fingerprint density at radius 2 is 1.97 bits per heavy atom. The molecular weight excluding hydrogens is 440 g/mol. The van der Waals surface area contributed by atoms with E-state index >= 15 is 0 Å². The van der Waals surface area contributed by atoms with Gasteiger partial charge in [0, 0.05) is 23.0 Å². The maximum absolute atomic E-state index is 12.6. The van der Waals surface area contributed by atoms with E-state index in [4.69, 9.17) is 5.73 Å². The van der Waals surface area contributed by atoms with E-state index in [1.165, 1.54) is 13.1 Å². The minimum absolute atomic E-state index is 0.110. The van der Waals surface area contributed by atoms with Gasteiger partial charge in [-0.1, -0.05) is 30.3 Å². The number of nitrogens with zero attached hydrogens (tertiary/aromatic N) is 3. The summed E-state index contributed by atoms with van der Waals surface area (Å²) in [6, 6.07) is 14.2. The Morgan fingerprint density at radius 1 is 1.24 bits per heavy atom. The molecule has 3 rings (SSSR count). The molecule has 0 bridgehead atoms. The highest BCUT2D eigenvalue weighted by molar-refractivity contribution is 7.84. The number of carbonyl (C=O) groups excluding carboxylic acids is 1.